The van der Waals surface area contributed by atoms with Crippen LogP contribution < -0.4 is 9.47 Å². The molecular weight excluding hydrogens is 304 g/mol. The summed E-state index contributed by atoms with van der Waals surface area (Å²) in [7, 11) is 3.55. The smallest absolute Gasteiger partial charge is 0.341 e. The van der Waals surface area contributed by atoms with E-state index in [-0.39, 0.29) is 6.61 Å². The largest absolute Gasteiger partial charge is 0.493 e. The van der Waals surface area contributed by atoms with Gasteiger partial charge in [0.25, 0.3) is 0 Å². The molecule has 0 saturated heterocycles. The van der Waals surface area contributed by atoms with Crippen molar-refractivity contribution >= 4 is 17.3 Å². The van der Waals surface area contributed by atoms with Gasteiger partial charge in [-0.25, -0.2) is 9.78 Å². The first-order chi connectivity index (χ1) is 10.6. The van der Waals surface area contributed by atoms with Crippen LogP contribution in [0.1, 0.15) is 11.3 Å². The zero-order chi connectivity index (χ0) is 15.9. The summed E-state index contributed by atoms with van der Waals surface area (Å²) in [6.45, 7) is 1.11. The number of hydrogen-bond donors (Lipinski definition) is 1. The Balaban J connectivity index is 2.00. The molecule has 7 heteroatoms. The van der Waals surface area contributed by atoms with Gasteiger partial charge in [-0.05, 0) is 24.7 Å². The summed E-state index contributed by atoms with van der Waals surface area (Å²) in [5.41, 5.74) is 3.92. The minimum Gasteiger partial charge on any atom is -0.493 e. The fourth-order valence-electron chi connectivity index (χ4n) is 2.03. The van der Waals surface area contributed by atoms with Gasteiger partial charge in [0.15, 0.2) is 18.1 Å². The van der Waals surface area contributed by atoms with Gasteiger partial charge in [-0.1, -0.05) is 6.07 Å². The summed E-state index contributed by atoms with van der Waals surface area (Å²) in [5, 5.41) is 10.7. The van der Waals surface area contributed by atoms with Crippen molar-refractivity contribution in [1.29, 1.82) is 0 Å². The van der Waals surface area contributed by atoms with Crippen molar-refractivity contribution in [2.45, 2.75) is 13.1 Å². The van der Waals surface area contributed by atoms with Gasteiger partial charge in [-0.3, -0.25) is 4.90 Å². The molecule has 0 saturated carbocycles. The minimum absolute atomic E-state index is 0.389. The first kappa shape index (κ1) is 16.3. The average molecular weight is 322 g/mol. The molecule has 0 bridgehead atoms. The van der Waals surface area contributed by atoms with Crippen LogP contribution in [0.4, 0.5) is 0 Å². The van der Waals surface area contributed by atoms with Crippen LogP contribution in [0.25, 0.3) is 0 Å². The third-order valence-electron chi connectivity index (χ3n) is 2.95. The van der Waals surface area contributed by atoms with Gasteiger partial charge in [0.05, 0.1) is 18.3 Å². The van der Waals surface area contributed by atoms with E-state index in [2.05, 4.69) is 9.88 Å². The molecule has 0 radical (unpaired) electrons. The lowest BCUT2D eigenvalue weighted by Crippen LogP contribution is -2.17. The van der Waals surface area contributed by atoms with Gasteiger partial charge in [0.2, 0.25) is 0 Å². The van der Waals surface area contributed by atoms with Crippen molar-refractivity contribution in [1.82, 2.24) is 9.88 Å². The molecule has 0 spiro atoms. The molecule has 1 aromatic carbocycles. The van der Waals surface area contributed by atoms with Crippen LogP contribution in [-0.2, 0) is 17.9 Å². The van der Waals surface area contributed by atoms with Gasteiger partial charge >= 0.3 is 5.97 Å². The number of hydrogen-bond acceptors (Lipinski definition) is 6. The SMILES string of the molecule is COc1cc(CN(C)Cc2cscn2)ccc1OCC(=O)O. The summed E-state index contributed by atoms with van der Waals surface area (Å²) < 4.78 is 10.4. The van der Waals surface area contributed by atoms with Crippen molar-refractivity contribution in [2.24, 2.45) is 0 Å². The Morgan fingerprint density at radius 3 is 2.82 bits per heavy atom. The molecule has 0 amide bonds. The maximum Gasteiger partial charge on any atom is 0.341 e. The number of nitrogens with zero attached hydrogens (tertiary/aromatic N) is 2. The lowest BCUT2D eigenvalue weighted by atomic mass is 10.2. The second-order valence-electron chi connectivity index (χ2n) is 4.82. The third kappa shape index (κ3) is 4.71. The van der Waals surface area contributed by atoms with Crippen LogP contribution in [0, 0.1) is 0 Å². The van der Waals surface area contributed by atoms with Crippen LogP contribution in [0.5, 0.6) is 11.5 Å². The Hall–Kier alpha value is -2.12. The Labute approximate surface area is 132 Å². The number of ether oxygens (including phenoxy) is 2. The van der Waals surface area contributed by atoms with Gasteiger partial charge in [0, 0.05) is 18.5 Å². The van der Waals surface area contributed by atoms with Gasteiger partial charge in [0.1, 0.15) is 0 Å². The van der Waals surface area contributed by atoms with Crippen molar-refractivity contribution in [3.63, 3.8) is 0 Å². The molecule has 0 aliphatic heterocycles. The zero-order valence-corrected chi connectivity index (χ0v) is 13.3. The highest BCUT2D eigenvalue weighted by molar-refractivity contribution is 7.07. The van der Waals surface area contributed by atoms with Crippen LogP contribution in [-0.4, -0.2) is 41.7 Å². The quantitative estimate of drug-likeness (QED) is 0.804. The van der Waals surface area contributed by atoms with Crippen LogP contribution in [0.2, 0.25) is 0 Å². The molecular formula is C15H18N2O4S. The van der Waals surface area contributed by atoms with E-state index in [0.717, 1.165) is 24.3 Å². The van der Waals surface area contributed by atoms with Crippen molar-refractivity contribution < 1.29 is 19.4 Å². The second-order valence-corrected chi connectivity index (χ2v) is 5.54. The molecule has 1 heterocycles. The normalized spacial score (nSPS) is 10.7. The fourth-order valence-corrected chi connectivity index (χ4v) is 2.58. The molecule has 0 fully saturated rings. The number of thiazole rings is 1. The number of benzene rings is 1. The Kier molecular flexibility index (Phi) is 5.74. The topological polar surface area (TPSA) is 71.9 Å². The molecule has 0 unspecified atom stereocenters. The maximum atomic E-state index is 10.6. The van der Waals surface area contributed by atoms with E-state index in [0.29, 0.717) is 11.5 Å². The number of carboxylic acid groups (broad SMARTS) is 1. The van der Waals surface area contributed by atoms with Crippen LogP contribution in [0.15, 0.2) is 29.1 Å². The maximum absolute atomic E-state index is 10.6. The monoisotopic (exact) mass is 322 g/mol. The lowest BCUT2D eigenvalue weighted by molar-refractivity contribution is -0.139. The Morgan fingerprint density at radius 1 is 1.36 bits per heavy atom. The van der Waals surface area contributed by atoms with Crippen LogP contribution in [0.3, 0.4) is 0 Å². The predicted octanol–water partition coefficient (Wildman–Crippen LogP) is 2.25. The van der Waals surface area contributed by atoms with Gasteiger partial charge in [-0.15, -0.1) is 11.3 Å². The number of carbonyl (C=O) groups is 1. The highest BCUT2D eigenvalue weighted by Gasteiger charge is 2.09. The third-order valence-corrected chi connectivity index (χ3v) is 3.58. The number of aliphatic carboxylic acids is 1. The van der Waals surface area contributed by atoms with Crippen LogP contribution >= 0.6 is 11.3 Å². The first-order valence-electron chi connectivity index (χ1n) is 6.65. The molecule has 0 atom stereocenters. The van der Waals surface area contributed by atoms with Gasteiger partial charge < -0.3 is 14.6 Å². The van der Waals surface area contributed by atoms with E-state index < -0.39 is 5.97 Å². The number of aromatic nitrogens is 1. The van der Waals surface area contributed by atoms with E-state index in [9.17, 15) is 4.79 Å². The summed E-state index contributed by atoms with van der Waals surface area (Å²) in [6, 6.07) is 5.49. The number of rotatable bonds is 8. The molecule has 6 nitrogen and oxygen atoms in total. The Morgan fingerprint density at radius 2 is 2.18 bits per heavy atom. The summed E-state index contributed by atoms with van der Waals surface area (Å²) in [4.78, 5) is 17.0. The first-order valence-corrected chi connectivity index (χ1v) is 7.60. The van der Waals surface area contributed by atoms with Crippen molar-refractivity contribution in [3.8, 4) is 11.5 Å². The molecule has 22 heavy (non-hydrogen) atoms. The molecule has 0 aliphatic rings. The van der Waals surface area contributed by atoms with E-state index in [1.165, 1.54) is 7.11 Å². The standard InChI is InChI=1S/C15H18N2O4S/c1-17(7-12-9-22-10-16-12)6-11-3-4-13(14(5-11)20-2)21-8-15(18)19/h3-5,9-10H,6-8H2,1-2H3,(H,18,19). The van der Waals surface area contributed by atoms with E-state index in [1.54, 1.807) is 17.4 Å². The molecule has 1 N–H and O–H groups in total. The van der Waals surface area contributed by atoms with E-state index in [4.69, 9.17) is 14.6 Å². The fraction of sp³-hybridized carbons (Fsp3) is 0.333. The zero-order valence-electron chi connectivity index (χ0n) is 12.5. The number of carboxylic acids is 1. The highest BCUT2D eigenvalue weighted by atomic mass is 32.1. The van der Waals surface area contributed by atoms with E-state index >= 15 is 0 Å². The molecule has 0 aliphatic carbocycles. The minimum atomic E-state index is -1.02. The molecule has 1 aromatic heterocycles. The lowest BCUT2D eigenvalue weighted by Gasteiger charge is -2.17. The molecule has 2 aromatic rings. The highest BCUT2D eigenvalue weighted by Crippen LogP contribution is 2.28. The Bertz CT molecular complexity index is 616. The number of methoxy groups -OCH3 is 1. The average Bonchev–Trinajstić information content (AvgIpc) is 2.98. The molecule has 2 rings (SSSR count). The summed E-state index contributed by atoms with van der Waals surface area (Å²) in [6.07, 6.45) is 0. The summed E-state index contributed by atoms with van der Waals surface area (Å²) in [5.74, 6) is -0.0641. The second kappa shape index (κ2) is 7.77. The van der Waals surface area contributed by atoms with E-state index in [1.807, 2.05) is 30.1 Å². The van der Waals surface area contributed by atoms with Crippen molar-refractivity contribution in [3.05, 3.63) is 40.3 Å². The molecule has 118 valence electrons. The predicted molar refractivity (Wildman–Crippen MR) is 83.4 cm³/mol. The summed E-state index contributed by atoms with van der Waals surface area (Å²) >= 11 is 1.58. The van der Waals surface area contributed by atoms with Crippen molar-refractivity contribution in [2.75, 3.05) is 20.8 Å². The van der Waals surface area contributed by atoms with Gasteiger partial charge in [-0.2, -0.15) is 0 Å².